The van der Waals surface area contributed by atoms with Crippen molar-refractivity contribution in [1.82, 2.24) is 0 Å². The van der Waals surface area contributed by atoms with E-state index in [2.05, 4.69) is 0 Å². The Bertz CT molecular complexity index is 483. The van der Waals surface area contributed by atoms with E-state index < -0.39 is 47.6 Å². The molecule has 23 heavy (non-hydrogen) atoms. The molecule has 0 aromatic heterocycles. The molecule has 0 radical (unpaired) electrons. The maximum atomic E-state index is 11.3. The molecule has 9 nitrogen and oxygen atoms in total. The van der Waals surface area contributed by atoms with Crippen LogP contribution in [0.4, 0.5) is 0 Å². The van der Waals surface area contributed by atoms with Crippen molar-refractivity contribution in [3.63, 3.8) is 0 Å². The molecule has 0 unspecified atom stereocenters. The van der Waals surface area contributed by atoms with Crippen LogP contribution in [0.1, 0.15) is 20.8 Å². The lowest BCUT2D eigenvalue weighted by Crippen LogP contribution is -2.56. The average molecular weight is 349 g/mol. The van der Waals surface area contributed by atoms with Crippen LogP contribution in [0.15, 0.2) is 0 Å². The number of hydrogen-bond donors (Lipinski definition) is 1. The first kappa shape index (κ1) is 19.2. The van der Waals surface area contributed by atoms with Crippen molar-refractivity contribution >= 4 is 35.6 Å². The monoisotopic (exact) mass is 349 g/mol. The van der Waals surface area contributed by atoms with Crippen LogP contribution in [-0.2, 0) is 38.1 Å². The molecular formula is C13H19NO8S. The van der Waals surface area contributed by atoms with Crippen LogP contribution in [0.2, 0.25) is 0 Å². The van der Waals surface area contributed by atoms with Gasteiger partial charge in [-0.2, -0.15) is 0 Å². The zero-order valence-electron chi connectivity index (χ0n) is 13.0. The highest BCUT2D eigenvalue weighted by atomic mass is 32.2. The number of esters is 3. The van der Waals surface area contributed by atoms with Gasteiger partial charge in [0.1, 0.15) is 5.44 Å². The number of thioether (sulfide) groups is 1. The van der Waals surface area contributed by atoms with E-state index in [4.69, 9.17) is 24.7 Å². The standard InChI is InChI=1S/C13H19NO8S/c1-6(15)20-9-4-19-13(23-5-10(14)18)12(22-8(3)17)11(9)21-7(2)16/h9,11-13H,4-5H2,1-3H3,(H2,14,18)/t9-,11+,12-,13+/m1/s1. The first-order valence-electron chi connectivity index (χ1n) is 6.74. The van der Waals surface area contributed by atoms with E-state index in [1.54, 1.807) is 0 Å². The molecule has 10 heteroatoms. The van der Waals surface area contributed by atoms with Gasteiger partial charge in [-0.05, 0) is 0 Å². The lowest BCUT2D eigenvalue weighted by atomic mass is 10.1. The Hall–Kier alpha value is -1.81. The van der Waals surface area contributed by atoms with Gasteiger partial charge in [0.15, 0.2) is 18.3 Å². The topological polar surface area (TPSA) is 131 Å². The molecule has 0 saturated carbocycles. The molecule has 130 valence electrons. The maximum absolute atomic E-state index is 11.3. The molecule has 0 aliphatic carbocycles. The second-order valence-electron chi connectivity index (χ2n) is 4.78. The lowest BCUT2D eigenvalue weighted by Gasteiger charge is -2.40. The number of carbonyl (C=O) groups is 4. The second-order valence-corrected chi connectivity index (χ2v) is 5.86. The lowest BCUT2D eigenvalue weighted by molar-refractivity contribution is -0.213. The van der Waals surface area contributed by atoms with Gasteiger partial charge in [0, 0.05) is 20.8 Å². The third-order valence-electron chi connectivity index (χ3n) is 2.69. The fourth-order valence-corrected chi connectivity index (χ4v) is 2.92. The van der Waals surface area contributed by atoms with Crippen LogP contribution in [0.3, 0.4) is 0 Å². The summed E-state index contributed by atoms with van der Waals surface area (Å²) < 4.78 is 20.8. The van der Waals surface area contributed by atoms with Crippen molar-refractivity contribution < 1.29 is 38.1 Å². The molecule has 1 heterocycles. The fraction of sp³-hybridized carbons (Fsp3) is 0.692. The Morgan fingerprint density at radius 1 is 1.00 bits per heavy atom. The molecule has 0 spiro atoms. The van der Waals surface area contributed by atoms with Crippen molar-refractivity contribution in [3.8, 4) is 0 Å². The molecule has 4 atom stereocenters. The van der Waals surface area contributed by atoms with Crippen LogP contribution in [0.25, 0.3) is 0 Å². The largest absolute Gasteiger partial charge is 0.456 e. The maximum Gasteiger partial charge on any atom is 0.303 e. The first-order valence-corrected chi connectivity index (χ1v) is 7.78. The van der Waals surface area contributed by atoms with Gasteiger partial charge in [0.2, 0.25) is 5.91 Å². The molecule has 1 aliphatic rings. The van der Waals surface area contributed by atoms with Crippen molar-refractivity contribution in [2.75, 3.05) is 12.4 Å². The summed E-state index contributed by atoms with van der Waals surface area (Å²) in [4.78, 5) is 44.8. The van der Waals surface area contributed by atoms with Crippen molar-refractivity contribution in [2.24, 2.45) is 5.73 Å². The van der Waals surface area contributed by atoms with Gasteiger partial charge in [-0.15, -0.1) is 11.8 Å². The summed E-state index contributed by atoms with van der Waals surface area (Å²) in [6.45, 7) is 3.47. The fourth-order valence-electron chi connectivity index (χ4n) is 2.02. The van der Waals surface area contributed by atoms with Gasteiger partial charge in [-0.1, -0.05) is 0 Å². The van der Waals surface area contributed by atoms with Crippen LogP contribution >= 0.6 is 11.8 Å². The highest BCUT2D eigenvalue weighted by Crippen LogP contribution is 2.30. The summed E-state index contributed by atoms with van der Waals surface area (Å²) in [5.74, 6) is -2.52. The third kappa shape index (κ3) is 6.45. The summed E-state index contributed by atoms with van der Waals surface area (Å²) in [6.07, 6.45) is -3.01. The zero-order valence-corrected chi connectivity index (χ0v) is 13.8. The van der Waals surface area contributed by atoms with Crippen LogP contribution in [-0.4, -0.2) is 59.9 Å². The third-order valence-corrected chi connectivity index (χ3v) is 3.88. The zero-order chi connectivity index (χ0) is 17.6. The number of amides is 1. The molecule has 1 rings (SSSR count). The van der Waals surface area contributed by atoms with Crippen LogP contribution in [0, 0.1) is 0 Å². The van der Waals surface area contributed by atoms with Crippen LogP contribution < -0.4 is 5.73 Å². The van der Waals surface area contributed by atoms with Crippen molar-refractivity contribution in [1.29, 1.82) is 0 Å². The predicted molar refractivity (Wildman–Crippen MR) is 78.1 cm³/mol. The van der Waals surface area contributed by atoms with Gasteiger partial charge >= 0.3 is 17.9 Å². The molecule has 1 aliphatic heterocycles. The molecule has 0 bridgehead atoms. The first-order chi connectivity index (χ1) is 10.7. The smallest absolute Gasteiger partial charge is 0.303 e. The quantitative estimate of drug-likeness (QED) is 0.491. The minimum atomic E-state index is -1.04. The molecule has 1 fully saturated rings. The summed E-state index contributed by atoms with van der Waals surface area (Å²) in [7, 11) is 0. The van der Waals surface area contributed by atoms with Gasteiger partial charge < -0.3 is 24.7 Å². The molecule has 0 aromatic rings. The Morgan fingerprint density at radius 3 is 2.00 bits per heavy atom. The number of hydrogen-bond acceptors (Lipinski definition) is 9. The summed E-state index contributed by atoms with van der Waals surface area (Å²) in [5, 5.41) is 0. The predicted octanol–water partition coefficient (Wildman–Crippen LogP) is -0.644. The highest BCUT2D eigenvalue weighted by Gasteiger charge is 2.47. The number of nitrogens with two attached hydrogens (primary N) is 1. The average Bonchev–Trinajstić information content (AvgIpc) is 2.39. The van der Waals surface area contributed by atoms with Crippen molar-refractivity contribution in [2.45, 2.75) is 44.5 Å². The highest BCUT2D eigenvalue weighted by molar-refractivity contribution is 8.00. The van der Waals surface area contributed by atoms with Gasteiger partial charge in [0.05, 0.1) is 12.4 Å². The Labute approximate surface area is 137 Å². The van der Waals surface area contributed by atoms with Gasteiger partial charge in [-0.3, -0.25) is 19.2 Å². The van der Waals surface area contributed by atoms with E-state index in [0.29, 0.717) is 0 Å². The Kier molecular flexibility index (Phi) is 7.30. The number of rotatable bonds is 6. The minimum Gasteiger partial charge on any atom is -0.456 e. The summed E-state index contributed by atoms with van der Waals surface area (Å²) >= 11 is 1.00. The number of carbonyl (C=O) groups excluding carboxylic acids is 4. The molecule has 1 saturated heterocycles. The van der Waals surface area contributed by atoms with Gasteiger partial charge in [0.25, 0.3) is 0 Å². The van der Waals surface area contributed by atoms with Crippen molar-refractivity contribution in [3.05, 3.63) is 0 Å². The molecule has 2 N–H and O–H groups in total. The SMILES string of the molecule is CC(=O)O[C@@H]1[C@@H](OC(C)=O)[C@H](SCC(N)=O)OC[C@H]1OC(C)=O. The van der Waals surface area contributed by atoms with E-state index in [9.17, 15) is 19.2 Å². The van der Waals surface area contributed by atoms with E-state index in [-0.39, 0.29) is 12.4 Å². The number of ether oxygens (including phenoxy) is 4. The number of primary amides is 1. The van der Waals surface area contributed by atoms with Crippen LogP contribution in [0.5, 0.6) is 0 Å². The Balaban J connectivity index is 2.98. The normalized spacial score (nSPS) is 26.9. The summed E-state index contributed by atoms with van der Waals surface area (Å²) in [6, 6.07) is 0. The summed E-state index contributed by atoms with van der Waals surface area (Å²) in [5.41, 5.74) is 4.30. The second kappa shape index (κ2) is 8.73. The molecular weight excluding hydrogens is 330 g/mol. The Morgan fingerprint density at radius 2 is 1.52 bits per heavy atom. The van der Waals surface area contributed by atoms with E-state index >= 15 is 0 Å². The molecule has 1 amide bonds. The minimum absolute atomic E-state index is 0.0759. The van der Waals surface area contributed by atoms with Gasteiger partial charge in [-0.25, -0.2) is 0 Å². The van der Waals surface area contributed by atoms with E-state index in [1.165, 1.54) is 20.8 Å². The molecule has 0 aromatic carbocycles. The van der Waals surface area contributed by atoms with E-state index in [0.717, 1.165) is 11.8 Å². The van der Waals surface area contributed by atoms with E-state index in [1.807, 2.05) is 0 Å².